The predicted octanol–water partition coefficient (Wildman–Crippen LogP) is 10.1. The summed E-state index contributed by atoms with van der Waals surface area (Å²) in [6, 6.07) is 14.4. The van der Waals surface area contributed by atoms with Crippen molar-refractivity contribution in [3.63, 3.8) is 0 Å². The Bertz CT molecular complexity index is 1680. The van der Waals surface area contributed by atoms with E-state index in [0.29, 0.717) is 34.1 Å². The molecule has 0 aliphatic carbocycles. The van der Waals surface area contributed by atoms with Crippen LogP contribution in [0.5, 0.6) is 0 Å². The second-order valence-electron chi connectivity index (χ2n) is 12.7. The van der Waals surface area contributed by atoms with Gasteiger partial charge in [0.15, 0.2) is 0 Å². The van der Waals surface area contributed by atoms with Gasteiger partial charge in [-0.15, -0.1) is 0 Å². The van der Waals surface area contributed by atoms with Gasteiger partial charge in [-0.2, -0.15) is 0 Å². The lowest BCUT2D eigenvalue weighted by atomic mass is 9.91. The molecule has 0 saturated carbocycles. The van der Waals surface area contributed by atoms with E-state index in [1.165, 1.54) is 24.3 Å². The molecule has 0 unspecified atom stereocenters. The Kier molecular flexibility index (Phi) is 12.2. The Morgan fingerprint density at radius 3 is 1.63 bits per heavy atom. The van der Waals surface area contributed by atoms with Crippen LogP contribution in [0.2, 0.25) is 0 Å². The van der Waals surface area contributed by atoms with Crippen molar-refractivity contribution in [1.29, 1.82) is 0 Å². The van der Waals surface area contributed by atoms with Gasteiger partial charge >= 0.3 is 11.9 Å². The van der Waals surface area contributed by atoms with Crippen LogP contribution in [0.15, 0.2) is 59.1 Å². The minimum Gasteiger partial charge on any atom is -0.462 e. The Morgan fingerprint density at radius 2 is 1.22 bits per heavy atom. The summed E-state index contributed by atoms with van der Waals surface area (Å²) >= 11 is 7.08. The molecule has 2 aromatic carbocycles. The molecule has 6 nitrogen and oxygen atoms in total. The molecule has 0 aliphatic heterocycles. The summed E-state index contributed by atoms with van der Waals surface area (Å²) in [6.07, 6.45) is 0. The summed E-state index contributed by atoms with van der Waals surface area (Å²) in [7, 11) is 0. The van der Waals surface area contributed by atoms with Gasteiger partial charge in [-0.1, -0.05) is 57.5 Å². The van der Waals surface area contributed by atoms with E-state index in [1.807, 2.05) is 22.1 Å². The van der Waals surface area contributed by atoms with E-state index in [-0.39, 0.29) is 34.4 Å². The molecule has 0 bridgehead atoms. The second-order valence-corrected chi connectivity index (χ2v) is 14.1. The SMILES string of the molecule is CCOC(=O)c1c(Br)c(C(C)(C)C)n(-c2ccc(F)cc2)c1CBr.CCOC(=O)c1cc(C(C)(C)C)n(-c2ccc(F)cc2)c1C. The molecule has 0 saturated heterocycles. The Morgan fingerprint density at radius 1 is 0.761 bits per heavy atom. The molecule has 2 heterocycles. The average Bonchev–Trinajstić information content (AvgIpc) is 3.48. The number of hydrogen-bond acceptors (Lipinski definition) is 4. The van der Waals surface area contributed by atoms with E-state index >= 15 is 0 Å². The molecule has 248 valence electrons. The first-order chi connectivity index (χ1) is 21.5. The van der Waals surface area contributed by atoms with E-state index in [1.54, 1.807) is 38.1 Å². The maximum absolute atomic E-state index is 13.3. The number of benzene rings is 2. The molecule has 0 N–H and O–H groups in total. The zero-order valence-corrected chi connectivity index (χ0v) is 31.0. The highest BCUT2D eigenvalue weighted by Crippen LogP contribution is 2.40. The van der Waals surface area contributed by atoms with E-state index in [9.17, 15) is 18.4 Å². The first-order valence-electron chi connectivity index (χ1n) is 15.1. The van der Waals surface area contributed by atoms with E-state index in [0.717, 1.165) is 34.2 Å². The van der Waals surface area contributed by atoms with Crippen molar-refractivity contribution < 1.29 is 27.8 Å². The van der Waals surface area contributed by atoms with Crippen molar-refractivity contribution in [1.82, 2.24) is 9.13 Å². The number of rotatable bonds is 7. The van der Waals surface area contributed by atoms with E-state index in [2.05, 4.69) is 73.4 Å². The molecule has 0 aliphatic rings. The first-order valence-corrected chi connectivity index (χ1v) is 17.0. The van der Waals surface area contributed by atoms with E-state index in [4.69, 9.17) is 9.47 Å². The molecule has 0 amide bonds. The number of carbonyl (C=O) groups is 2. The lowest BCUT2D eigenvalue weighted by Crippen LogP contribution is -2.18. The summed E-state index contributed by atoms with van der Waals surface area (Å²) < 4.78 is 41.6. The molecular weight excluding hydrogens is 722 g/mol. The van der Waals surface area contributed by atoms with Gasteiger partial charge < -0.3 is 18.6 Å². The van der Waals surface area contributed by atoms with Gasteiger partial charge in [0.05, 0.1) is 28.8 Å². The Hall–Kier alpha value is -3.24. The van der Waals surface area contributed by atoms with E-state index < -0.39 is 0 Å². The third-order valence-electron chi connectivity index (χ3n) is 7.21. The fraction of sp³-hybridized carbons (Fsp3) is 0.389. The van der Waals surface area contributed by atoms with Crippen molar-refractivity contribution in [2.45, 2.75) is 78.5 Å². The summed E-state index contributed by atoms with van der Waals surface area (Å²) in [5.74, 6) is -1.28. The number of halogens is 4. The lowest BCUT2D eigenvalue weighted by Gasteiger charge is -2.23. The topological polar surface area (TPSA) is 62.5 Å². The summed E-state index contributed by atoms with van der Waals surface area (Å²) in [5.41, 5.74) is 5.78. The zero-order valence-electron chi connectivity index (χ0n) is 27.9. The molecule has 0 atom stereocenters. The van der Waals surface area contributed by atoms with Gasteiger partial charge in [0, 0.05) is 50.3 Å². The summed E-state index contributed by atoms with van der Waals surface area (Å²) in [5, 5.41) is 0.465. The van der Waals surface area contributed by atoms with Gasteiger partial charge in [0.1, 0.15) is 11.6 Å². The van der Waals surface area contributed by atoms with Crippen molar-refractivity contribution >= 4 is 43.8 Å². The molecule has 2 aromatic heterocycles. The third-order valence-corrected chi connectivity index (χ3v) is 8.51. The van der Waals surface area contributed by atoms with Crippen molar-refractivity contribution in [2.75, 3.05) is 13.2 Å². The fourth-order valence-corrected chi connectivity index (χ4v) is 6.86. The van der Waals surface area contributed by atoms with Crippen molar-refractivity contribution in [3.8, 4) is 11.4 Å². The van der Waals surface area contributed by atoms with Crippen LogP contribution in [0, 0.1) is 18.6 Å². The van der Waals surface area contributed by atoms with Crippen LogP contribution in [0.3, 0.4) is 0 Å². The highest BCUT2D eigenvalue weighted by molar-refractivity contribution is 9.10. The normalized spacial score (nSPS) is 11.6. The minimum atomic E-state index is -0.370. The zero-order chi connectivity index (χ0) is 34.6. The highest BCUT2D eigenvalue weighted by Gasteiger charge is 2.33. The smallest absolute Gasteiger partial charge is 0.341 e. The molecular formula is C36H42Br2F2N2O4. The number of carbonyl (C=O) groups excluding carboxylic acids is 2. The number of alkyl halides is 1. The number of hydrogen-bond donors (Lipinski definition) is 0. The first kappa shape index (κ1) is 37.2. The van der Waals surface area contributed by atoms with Crippen LogP contribution in [0.25, 0.3) is 11.4 Å². The fourth-order valence-electron chi connectivity index (χ4n) is 5.16. The number of esters is 2. The molecule has 0 spiro atoms. The Labute approximate surface area is 287 Å². The van der Waals surface area contributed by atoms with Crippen LogP contribution >= 0.6 is 31.9 Å². The van der Waals surface area contributed by atoms with Gasteiger partial charge in [-0.05, 0) is 91.3 Å². The molecule has 4 rings (SSSR count). The summed E-state index contributed by atoms with van der Waals surface area (Å²) in [6.45, 7) is 18.5. The molecule has 10 heteroatoms. The van der Waals surface area contributed by atoms with Crippen LogP contribution in [-0.2, 0) is 25.6 Å². The average molecular weight is 765 g/mol. The van der Waals surface area contributed by atoms with Crippen LogP contribution in [0.4, 0.5) is 8.78 Å². The summed E-state index contributed by atoms with van der Waals surface area (Å²) in [4.78, 5) is 24.6. The standard InChI is InChI=1S/C18H20Br2FNO2.C18H22FNO2/c1-5-24-17(23)14-13(10-19)22(12-8-6-11(21)7-9-12)16(15(14)20)18(2,3)4;1-6-22-17(21)15-11-16(18(3,4)5)20(12(15)2)14-9-7-13(19)8-10-14/h6-9H,5,10H2,1-4H3;7-11H,6H2,1-5H3. The predicted molar refractivity (Wildman–Crippen MR) is 186 cm³/mol. The third kappa shape index (κ3) is 8.18. The monoisotopic (exact) mass is 762 g/mol. The molecule has 0 fully saturated rings. The highest BCUT2D eigenvalue weighted by atomic mass is 79.9. The molecule has 46 heavy (non-hydrogen) atoms. The molecule has 0 radical (unpaired) electrons. The lowest BCUT2D eigenvalue weighted by molar-refractivity contribution is 0.0515. The van der Waals surface area contributed by atoms with Crippen LogP contribution < -0.4 is 0 Å². The Balaban J connectivity index is 0.000000251. The van der Waals surface area contributed by atoms with Gasteiger partial charge in [0.2, 0.25) is 0 Å². The second kappa shape index (κ2) is 15.1. The van der Waals surface area contributed by atoms with Gasteiger partial charge in [0.25, 0.3) is 0 Å². The maximum atomic E-state index is 13.3. The van der Waals surface area contributed by atoms with Crippen LogP contribution in [-0.4, -0.2) is 34.3 Å². The maximum Gasteiger partial charge on any atom is 0.341 e. The van der Waals surface area contributed by atoms with Crippen LogP contribution in [0.1, 0.15) is 98.9 Å². The minimum absolute atomic E-state index is 0.163. The van der Waals surface area contributed by atoms with Crippen molar-refractivity contribution in [2.24, 2.45) is 0 Å². The van der Waals surface area contributed by atoms with Gasteiger partial charge in [-0.25, -0.2) is 18.4 Å². The number of aromatic nitrogens is 2. The van der Waals surface area contributed by atoms with Gasteiger partial charge in [-0.3, -0.25) is 0 Å². The largest absolute Gasteiger partial charge is 0.462 e. The quantitative estimate of drug-likeness (QED) is 0.139. The number of ether oxygens (including phenoxy) is 2. The number of nitrogens with zero attached hydrogens (tertiary/aromatic N) is 2. The van der Waals surface area contributed by atoms with Crippen molar-refractivity contribution in [3.05, 3.63) is 105 Å². The molecule has 4 aromatic rings.